The average Bonchev–Trinajstić information content (AvgIpc) is 2.67. The zero-order chi connectivity index (χ0) is 10.7. The van der Waals surface area contributed by atoms with Gasteiger partial charge < -0.3 is 4.74 Å². The number of hydrogen-bond donors (Lipinski definition) is 0. The van der Waals surface area contributed by atoms with Gasteiger partial charge in [0.25, 0.3) is 0 Å². The molecule has 2 nitrogen and oxygen atoms in total. The lowest BCUT2D eigenvalue weighted by molar-refractivity contribution is 0.185. The first-order valence-electron chi connectivity index (χ1n) is 4.80. The molecular formula is C12H13NOS. The van der Waals surface area contributed by atoms with Crippen molar-refractivity contribution in [1.29, 1.82) is 0 Å². The maximum atomic E-state index is 5.06. The quantitative estimate of drug-likeness (QED) is 0.790. The van der Waals surface area contributed by atoms with E-state index in [0.717, 1.165) is 10.7 Å². The van der Waals surface area contributed by atoms with Gasteiger partial charge in [-0.15, -0.1) is 11.3 Å². The molecule has 0 radical (unpaired) electrons. The summed E-state index contributed by atoms with van der Waals surface area (Å²) in [4.78, 5) is 4.44. The van der Waals surface area contributed by atoms with E-state index in [-0.39, 0.29) is 0 Å². The Kier molecular flexibility index (Phi) is 3.14. The lowest BCUT2D eigenvalue weighted by atomic mass is 10.1. The molecule has 0 spiro atoms. The molecule has 0 bridgehead atoms. The fraction of sp³-hybridized carbons (Fsp3) is 0.250. The van der Waals surface area contributed by atoms with Crippen LogP contribution in [0, 0.1) is 6.92 Å². The number of hydrogen-bond acceptors (Lipinski definition) is 3. The summed E-state index contributed by atoms with van der Waals surface area (Å²) < 4.78 is 5.06. The Bertz CT molecular complexity index is 433. The lowest BCUT2D eigenvalue weighted by Gasteiger charge is -2.00. The monoisotopic (exact) mass is 219 g/mol. The molecule has 0 amide bonds. The lowest BCUT2D eigenvalue weighted by Crippen LogP contribution is -1.87. The summed E-state index contributed by atoms with van der Waals surface area (Å²) in [6, 6.07) is 8.33. The summed E-state index contributed by atoms with van der Waals surface area (Å²) in [5.74, 6) is 0. The van der Waals surface area contributed by atoms with Crippen LogP contribution in [0.3, 0.4) is 0 Å². The molecule has 0 aliphatic heterocycles. The van der Waals surface area contributed by atoms with Crippen molar-refractivity contribution in [2.45, 2.75) is 13.5 Å². The SMILES string of the molecule is COCc1ccc(-c2csc(C)n2)cc1. The summed E-state index contributed by atoms with van der Waals surface area (Å²) in [5, 5.41) is 3.19. The molecule has 0 N–H and O–H groups in total. The van der Waals surface area contributed by atoms with Gasteiger partial charge in [-0.25, -0.2) is 4.98 Å². The van der Waals surface area contributed by atoms with Crippen LogP contribution in [-0.2, 0) is 11.3 Å². The van der Waals surface area contributed by atoms with Crippen molar-refractivity contribution >= 4 is 11.3 Å². The Morgan fingerprint density at radius 1 is 1.27 bits per heavy atom. The Morgan fingerprint density at radius 3 is 2.53 bits per heavy atom. The third kappa shape index (κ3) is 2.43. The summed E-state index contributed by atoms with van der Waals surface area (Å²) in [6.45, 7) is 2.68. The zero-order valence-corrected chi connectivity index (χ0v) is 9.67. The van der Waals surface area contributed by atoms with Gasteiger partial charge in [-0.1, -0.05) is 24.3 Å². The van der Waals surface area contributed by atoms with Crippen LogP contribution in [0.25, 0.3) is 11.3 Å². The van der Waals surface area contributed by atoms with E-state index in [1.54, 1.807) is 18.4 Å². The highest BCUT2D eigenvalue weighted by Gasteiger charge is 2.01. The Balaban J connectivity index is 2.23. The number of aryl methyl sites for hydroxylation is 1. The Hall–Kier alpha value is -1.19. The van der Waals surface area contributed by atoms with Crippen LogP contribution in [0.5, 0.6) is 0 Å². The molecule has 3 heteroatoms. The van der Waals surface area contributed by atoms with Crippen molar-refractivity contribution in [3.63, 3.8) is 0 Å². The normalized spacial score (nSPS) is 10.5. The highest BCUT2D eigenvalue weighted by Crippen LogP contribution is 2.21. The van der Waals surface area contributed by atoms with E-state index in [1.807, 2.05) is 6.92 Å². The van der Waals surface area contributed by atoms with E-state index >= 15 is 0 Å². The molecule has 0 saturated heterocycles. The predicted octanol–water partition coefficient (Wildman–Crippen LogP) is 3.26. The molecule has 1 aromatic carbocycles. The molecule has 0 atom stereocenters. The first-order chi connectivity index (χ1) is 7.29. The first-order valence-corrected chi connectivity index (χ1v) is 5.68. The second-order valence-corrected chi connectivity index (χ2v) is 4.44. The maximum absolute atomic E-state index is 5.06. The van der Waals surface area contributed by atoms with E-state index in [9.17, 15) is 0 Å². The molecule has 1 heterocycles. The van der Waals surface area contributed by atoms with Crippen LogP contribution in [0.1, 0.15) is 10.6 Å². The minimum Gasteiger partial charge on any atom is -0.380 e. The fourth-order valence-corrected chi connectivity index (χ4v) is 2.06. The van der Waals surface area contributed by atoms with Crippen molar-refractivity contribution in [2.24, 2.45) is 0 Å². The van der Waals surface area contributed by atoms with Crippen molar-refractivity contribution in [3.05, 3.63) is 40.2 Å². The largest absolute Gasteiger partial charge is 0.380 e. The Labute approximate surface area is 93.6 Å². The van der Waals surface area contributed by atoms with Gasteiger partial charge in [0.2, 0.25) is 0 Å². The minimum atomic E-state index is 0.663. The standard InChI is InChI=1S/C12H13NOS/c1-9-13-12(8-15-9)11-5-3-10(4-6-11)7-14-2/h3-6,8H,7H2,1-2H3. The minimum absolute atomic E-state index is 0.663. The summed E-state index contributed by atoms with van der Waals surface area (Å²) in [6.07, 6.45) is 0. The van der Waals surface area contributed by atoms with E-state index in [0.29, 0.717) is 6.61 Å². The van der Waals surface area contributed by atoms with Crippen LogP contribution < -0.4 is 0 Å². The predicted molar refractivity (Wildman–Crippen MR) is 63.0 cm³/mol. The number of methoxy groups -OCH3 is 1. The van der Waals surface area contributed by atoms with Crippen LogP contribution in [-0.4, -0.2) is 12.1 Å². The van der Waals surface area contributed by atoms with E-state index in [2.05, 4.69) is 34.6 Å². The molecule has 0 unspecified atom stereocenters. The summed E-state index contributed by atoms with van der Waals surface area (Å²) in [5.41, 5.74) is 3.41. The molecular weight excluding hydrogens is 206 g/mol. The fourth-order valence-electron chi connectivity index (χ4n) is 1.43. The maximum Gasteiger partial charge on any atom is 0.0901 e. The second-order valence-electron chi connectivity index (χ2n) is 3.38. The number of ether oxygens (including phenoxy) is 1. The van der Waals surface area contributed by atoms with Gasteiger partial charge >= 0.3 is 0 Å². The van der Waals surface area contributed by atoms with Gasteiger partial charge in [0.05, 0.1) is 17.3 Å². The van der Waals surface area contributed by atoms with E-state index < -0.39 is 0 Å². The van der Waals surface area contributed by atoms with Gasteiger partial charge in [0.15, 0.2) is 0 Å². The molecule has 2 rings (SSSR count). The van der Waals surface area contributed by atoms with Crippen molar-refractivity contribution in [2.75, 3.05) is 7.11 Å². The number of nitrogens with zero attached hydrogens (tertiary/aromatic N) is 1. The third-order valence-corrected chi connectivity index (χ3v) is 2.95. The molecule has 78 valence electrons. The van der Waals surface area contributed by atoms with Crippen LogP contribution in [0.4, 0.5) is 0 Å². The van der Waals surface area contributed by atoms with E-state index in [4.69, 9.17) is 4.74 Å². The summed E-state index contributed by atoms with van der Waals surface area (Å²) >= 11 is 1.68. The van der Waals surface area contributed by atoms with Crippen molar-refractivity contribution in [3.8, 4) is 11.3 Å². The van der Waals surface area contributed by atoms with Gasteiger partial charge in [0.1, 0.15) is 0 Å². The summed E-state index contributed by atoms with van der Waals surface area (Å²) in [7, 11) is 1.71. The molecule has 1 aromatic heterocycles. The number of rotatable bonds is 3. The number of benzene rings is 1. The Morgan fingerprint density at radius 2 is 2.00 bits per heavy atom. The third-order valence-electron chi connectivity index (χ3n) is 2.18. The van der Waals surface area contributed by atoms with Crippen molar-refractivity contribution < 1.29 is 4.74 Å². The smallest absolute Gasteiger partial charge is 0.0901 e. The van der Waals surface area contributed by atoms with Crippen LogP contribution in [0.15, 0.2) is 29.6 Å². The average molecular weight is 219 g/mol. The van der Waals surface area contributed by atoms with Crippen LogP contribution in [0.2, 0.25) is 0 Å². The highest BCUT2D eigenvalue weighted by molar-refractivity contribution is 7.09. The molecule has 2 aromatic rings. The van der Waals surface area contributed by atoms with Gasteiger partial charge in [0, 0.05) is 18.1 Å². The molecule has 0 aliphatic carbocycles. The number of thiazole rings is 1. The van der Waals surface area contributed by atoms with Gasteiger partial charge in [-0.2, -0.15) is 0 Å². The molecule has 0 aliphatic rings. The topological polar surface area (TPSA) is 22.1 Å². The van der Waals surface area contributed by atoms with Gasteiger partial charge in [-0.3, -0.25) is 0 Å². The van der Waals surface area contributed by atoms with Crippen molar-refractivity contribution in [1.82, 2.24) is 4.98 Å². The number of aromatic nitrogens is 1. The van der Waals surface area contributed by atoms with E-state index in [1.165, 1.54) is 11.1 Å². The first kappa shape index (κ1) is 10.3. The zero-order valence-electron chi connectivity index (χ0n) is 8.86. The highest BCUT2D eigenvalue weighted by atomic mass is 32.1. The van der Waals surface area contributed by atoms with Gasteiger partial charge in [-0.05, 0) is 12.5 Å². The second kappa shape index (κ2) is 4.55. The van der Waals surface area contributed by atoms with Crippen LogP contribution >= 0.6 is 11.3 Å². The molecule has 0 fully saturated rings. The molecule has 15 heavy (non-hydrogen) atoms. The molecule has 0 saturated carbocycles.